The average molecular weight is 564 g/mol. The second-order valence-corrected chi connectivity index (χ2v) is 8.44. The van der Waals surface area contributed by atoms with Crippen molar-refractivity contribution in [3.8, 4) is 11.5 Å². The van der Waals surface area contributed by atoms with Gasteiger partial charge in [-0.3, -0.25) is 0 Å². The SMILES string of the molecule is COc1cc(/C=C2\N=C(c3cc(I)ccc3Cl)OC2=O)ccc1OCc1cccc(F)c1. The topological polar surface area (TPSA) is 57.1 Å². The Hall–Kier alpha value is -2.91. The number of hydrogen-bond donors (Lipinski definition) is 0. The number of methoxy groups -OCH3 is 1. The Morgan fingerprint density at radius 1 is 1.12 bits per heavy atom. The van der Waals surface area contributed by atoms with Crippen molar-refractivity contribution in [3.05, 3.63) is 97.5 Å². The molecule has 32 heavy (non-hydrogen) atoms. The van der Waals surface area contributed by atoms with Crippen LogP contribution in [0, 0.1) is 9.39 Å². The molecule has 0 aliphatic carbocycles. The fourth-order valence-electron chi connectivity index (χ4n) is 3.02. The normalized spacial score (nSPS) is 14.3. The number of hydrogen-bond acceptors (Lipinski definition) is 5. The minimum Gasteiger partial charge on any atom is -0.493 e. The van der Waals surface area contributed by atoms with Crippen LogP contribution in [0.4, 0.5) is 4.39 Å². The summed E-state index contributed by atoms with van der Waals surface area (Å²) < 4.78 is 30.8. The number of nitrogens with zero attached hydrogens (tertiary/aromatic N) is 1. The summed E-state index contributed by atoms with van der Waals surface area (Å²) in [7, 11) is 1.51. The van der Waals surface area contributed by atoms with E-state index in [2.05, 4.69) is 27.6 Å². The van der Waals surface area contributed by atoms with E-state index in [1.165, 1.54) is 19.2 Å². The Morgan fingerprint density at radius 2 is 1.97 bits per heavy atom. The molecule has 0 atom stereocenters. The molecule has 0 amide bonds. The summed E-state index contributed by atoms with van der Waals surface area (Å²) in [5, 5.41) is 0.444. The monoisotopic (exact) mass is 563 g/mol. The van der Waals surface area contributed by atoms with E-state index < -0.39 is 5.97 Å². The fourth-order valence-corrected chi connectivity index (χ4v) is 3.71. The summed E-state index contributed by atoms with van der Waals surface area (Å²) in [6.07, 6.45) is 1.59. The van der Waals surface area contributed by atoms with Crippen LogP contribution in [-0.2, 0) is 16.1 Å². The largest absolute Gasteiger partial charge is 0.493 e. The highest BCUT2D eigenvalue weighted by molar-refractivity contribution is 14.1. The molecule has 0 aromatic heterocycles. The van der Waals surface area contributed by atoms with Crippen LogP contribution in [0.15, 0.2) is 71.4 Å². The number of carbonyl (C=O) groups is 1. The van der Waals surface area contributed by atoms with Crippen LogP contribution in [0.1, 0.15) is 16.7 Å². The van der Waals surface area contributed by atoms with Gasteiger partial charge in [0.15, 0.2) is 17.2 Å². The molecule has 0 radical (unpaired) electrons. The lowest BCUT2D eigenvalue weighted by molar-refractivity contribution is -0.129. The van der Waals surface area contributed by atoms with E-state index in [0.717, 1.165) is 3.57 Å². The maximum atomic E-state index is 13.4. The number of carbonyl (C=O) groups excluding carboxylic acids is 1. The summed E-state index contributed by atoms with van der Waals surface area (Å²) >= 11 is 8.37. The first-order valence-corrected chi connectivity index (χ1v) is 10.9. The van der Waals surface area contributed by atoms with Gasteiger partial charge in [-0.25, -0.2) is 14.2 Å². The van der Waals surface area contributed by atoms with Crippen LogP contribution in [0.5, 0.6) is 11.5 Å². The van der Waals surface area contributed by atoms with Gasteiger partial charge in [-0.1, -0.05) is 29.8 Å². The smallest absolute Gasteiger partial charge is 0.363 e. The van der Waals surface area contributed by atoms with E-state index in [9.17, 15) is 9.18 Å². The molecule has 0 bridgehead atoms. The molecule has 0 unspecified atom stereocenters. The third-order valence-corrected chi connectivity index (χ3v) is 5.55. The molecule has 0 spiro atoms. The maximum Gasteiger partial charge on any atom is 0.363 e. The quantitative estimate of drug-likeness (QED) is 0.209. The van der Waals surface area contributed by atoms with E-state index in [1.54, 1.807) is 48.5 Å². The number of rotatable bonds is 6. The van der Waals surface area contributed by atoms with Crippen LogP contribution in [-0.4, -0.2) is 19.0 Å². The molecule has 1 aliphatic rings. The molecule has 8 heteroatoms. The third-order valence-electron chi connectivity index (χ3n) is 4.55. The van der Waals surface area contributed by atoms with Crippen molar-refractivity contribution in [1.82, 2.24) is 0 Å². The van der Waals surface area contributed by atoms with Crippen molar-refractivity contribution in [1.29, 1.82) is 0 Å². The van der Waals surface area contributed by atoms with Gasteiger partial charge in [-0.05, 0) is 82.3 Å². The molecule has 1 heterocycles. The predicted molar refractivity (Wildman–Crippen MR) is 129 cm³/mol. The molecular formula is C24H16ClFINO4. The maximum absolute atomic E-state index is 13.4. The number of halogens is 3. The van der Waals surface area contributed by atoms with E-state index >= 15 is 0 Å². The summed E-state index contributed by atoms with van der Waals surface area (Å²) in [4.78, 5) is 16.6. The zero-order valence-electron chi connectivity index (χ0n) is 16.8. The highest BCUT2D eigenvalue weighted by Gasteiger charge is 2.26. The van der Waals surface area contributed by atoms with Crippen LogP contribution < -0.4 is 9.47 Å². The Labute approximate surface area is 202 Å². The summed E-state index contributed by atoms with van der Waals surface area (Å²) in [5.41, 5.74) is 2.06. The molecular weight excluding hydrogens is 548 g/mol. The van der Waals surface area contributed by atoms with Crippen molar-refractivity contribution >= 4 is 52.1 Å². The van der Waals surface area contributed by atoms with Crippen LogP contribution in [0.3, 0.4) is 0 Å². The van der Waals surface area contributed by atoms with Gasteiger partial charge in [0.05, 0.1) is 17.7 Å². The van der Waals surface area contributed by atoms with Crippen molar-refractivity contribution in [2.75, 3.05) is 7.11 Å². The molecule has 0 saturated heterocycles. The van der Waals surface area contributed by atoms with Gasteiger partial charge in [0.25, 0.3) is 0 Å². The van der Waals surface area contributed by atoms with Crippen molar-refractivity contribution in [2.45, 2.75) is 6.61 Å². The highest BCUT2D eigenvalue weighted by atomic mass is 127. The predicted octanol–water partition coefficient (Wildman–Crippen LogP) is 6.02. The molecule has 162 valence electrons. The van der Waals surface area contributed by atoms with Crippen molar-refractivity contribution < 1.29 is 23.4 Å². The van der Waals surface area contributed by atoms with E-state index in [1.807, 2.05) is 6.07 Å². The summed E-state index contributed by atoms with van der Waals surface area (Å²) in [6.45, 7) is 0.186. The van der Waals surface area contributed by atoms with Crippen LogP contribution in [0.2, 0.25) is 5.02 Å². The van der Waals surface area contributed by atoms with Crippen molar-refractivity contribution in [3.63, 3.8) is 0 Å². The van der Waals surface area contributed by atoms with E-state index in [4.69, 9.17) is 25.8 Å². The van der Waals surface area contributed by atoms with Gasteiger partial charge in [-0.2, -0.15) is 0 Å². The van der Waals surface area contributed by atoms with Crippen LogP contribution >= 0.6 is 34.2 Å². The van der Waals surface area contributed by atoms with Crippen LogP contribution in [0.25, 0.3) is 6.08 Å². The Balaban J connectivity index is 1.56. The van der Waals surface area contributed by atoms with Gasteiger partial charge >= 0.3 is 5.97 Å². The van der Waals surface area contributed by atoms with Crippen molar-refractivity contribution in [2.24, 2.45) is 4.99 Å². The first-order chi connectivity index (χ1) is 15.4. The molecule has 0 fully saturated rings. The molecule has 5 nitrogen and oxygen atoms in total. The Bertz CT molecular complexity index is 1260. The fraction of sp³-hybridized carbons (Fsp3) is 0.0833. The third kappa shape index (κ3) is 5.11. The Morgan fingerprint density at radius 3 is 2.75 bits per heavy atom. The standard InChI is InChI=1S/C24H16ClFINO4/c1-30-22-11-14(5-8-21(22)31-13-15-3-2-4-16(26)9-15)10-20-24(29)32-23(28-20)18-12-17(27)6-7-19(18)25/h2-12H,13H2,1H3/b20-10-. The minimum atomic E-state index is -0.569. The summed E-state index contributed by atoms with van der Waals surface area (Å²) in [5.74, 6) is 0.219. The lowest BCUT2D eigenvalue weighted by Gasteiger charge is -2.11. The number of aliphatic imine (C=N–C) groups is 1. The minimum absolute atomic E-state index is 0.144. The first kappa shape index (κ1) is 22.3. The second kappa shape index (κ2) is 9.70. The summed E-state index contributed by atoms with van der Waals surface area (Å²) in [6, 6.07) is 16.7. The Kier molecular flexibility index (Phi) is 6.76. The molecule has 3 aromatic rings. The lowest BCUT2D eigenvalue weighted by atomic mass is 10.1. The first-order valence-electron chi connectivity index (χ1n) is 9.46. The van der Waals surface area contributed by atoms with Gasteiger partial charge in [-0.15, -0.1) is 0 Å². The van der Waals surface area contributed by atoms with Gasteiger partial charge < -0.3 is 14.2 Å². The molecule has 0 N–H and O–H groups in total. The number of esters is 1. The van der Waals surface area contributed by atoms with Gasteiger partial charge in [0.2, 0.25) is 5.90 Å². The molecule has 4 rings (SSSR count). The lowest BCUT2D eigenvalue weighted by Crippen LogP contribution is -2.06. The van der Waals surface area contributed by atoms with Gasteiger partial charge in [0, 0.05) is 3.57 Å². The van der Waals surface area contributed by atoms with E-state index in [0.29, 0.717) is 33.2 Å². The highest BCUT2D eigenvalue weighted by Crippen LogP contribution is 2.31. The second-order valence-electron chi connectivity index (χ2n) is 6.79. The zero-order chi connectivity index (χ0) is 22.7. The van der Waals surface area contributed by atoms with E-state index in [-0.39, 0.29) is 24.0 Å². The molecule has 1 aliphatic heterocycles. The zero-order valence-corrected chi connectivity index (χ0v) is 19.7. The average Bonchev–Trinajstić information content (AvgIpc) is 3.14. The number of cyclic esters (lactones) is 1. The van der Waals surface area contributed by atoms with Gasteiger partial charge in [0.1, 0.15) is 12.4 Å². The molecule has 0 saturated carbocycles. The molecule has 3 aromatic carbocycles. The number of benzene rings is 3. The number of ether oxygens (including phenoxy) is 3.